The van der Waals surface area contributed by atoms with Gasteiger partial charge in [0.05, 0.1) is 5.69 Å². The first kappa shape index (κ1) is 8.48. The highest BCUT2D eigenvalue weighted by molar-refractivity contribution is 5.32. The van der Waals surface area contributed by atoms with Crippen LogP contribution in [-0.4, -0.2) is 23.3 Å². The summed E-state index contributed by atoms with van der Waals surface area (Å²) in [7, 11) is 0. The minimum atomic E-state index is 0.668. The van der Waals surface area contributed by atoms with E-state index >= 15 is 0 Å². The zero-order chi connectivity index (χ0) is 9.38. The molecule has 0 unspecified atom stereocenters. The van der Waals surface area contributed by atoms with Crippen LogP contribution in [0, 0.1) is 0 Å². The molecule has 1 saturated heterocycles. The molecule has 0 spiro atoms. The van der Waals surface area contributed by atoms with Gasteiger partial charge in [-0.15, -0.1) is 0 Å². The highest BCUT2D eigenvalue weighted by Gasteiger charge is 2.25. The lowest BCUT2D eigenvalue weighted by molar-refractivity contribution is 0.452. The smallest absolute Gasteiger partial charge is 0.0700 e. The maximum absolute atomic E-state index is 4.50. The average molecular weight is 191 g/mol. The molecule has 0 radical (unpaired) electrons. The normalized spacial score (nSPS) is 26.4. The number of aryl methyl sites for hydroxylation is 1. The molecule has 3 rings (SSSR count). The summed E-state index contributed by atoms with van der Waals surface area (Å²) in [5, 5.41) is 11.2. The number of rotatable bonds is 1. The number of nitrogens with zero attached hydrogens (tertiary/aromatic N) is 1. The predicted octanol–water partition coefficient (Wildman–Crippen LogP) is 1.37. The van der Waals surface area contributed by atoms with Gasteiger partial charge in [-0.25, -0.2) is 0 Å². The zero-order valence-electron chi connectivity index (χ0n) is 8.47. The van der Waals surface area contributed by atoms with E-state index < -0.39 is 0 Å². The Morgan fingerprint density at radius 1 is 1.21 bits per heavy atom. The largest absolute Gasteiger partial charge is 0.316 e. The van der Waals surface area contributed by atoms with Gasteiger partial charge in [-0.05, 0) is 44.2 Å². The van der Waals surface area contributed by atoms with Crippen molar-refractivity contribution in [2.24, 2.45) is 0 Å². The fraction of sp³-hybridized carbons (Fsp3) is 0.727. The van der Waals surface area contributed by atoms with Crippen molar-refractivity contribution in [3.63, 3.8) is 0 Å². The van der Waals surface area contributed by atoms with Gasteiger partial charge in [0.2, 0.25) is 0 Å². The number of piperidine rings is 1. The van der Waals surface area contributed by atoms with E-state index in [0.29, 0.717) is 5.92 Å². The number of fused-ring (bicyclic) bond motifs is 1. The summed E-state index contributed by atoms with van der Waals surface area (Å²) in [5.41, 5.74) is 4.31. The molecular weight excluding hydrogens is 174 g/mol. The van der Waals surface area contributed by atoms with Gasteiger partial charge in [-0.1, -0.05) is 0 Å². The summed E-state index contributed by atoms with van der Waals surface area (Å²) < 4.78 is 0. The van der Waals surface area contributed by atoms with Gasteiger partial charge in [0, 0.05) is 18.2 Å². The van der Waals surface area contributed by atoms with Gasteiger partial charge in [-0.3, -0.25) is 5.10 Å². The van der Waals surface area contributed by atoms with E-state index in [4.69, 9.17) is 0 Å². The Bertz CT molecular complexity index is 323. The third-order valence-corrected chi connectivity index (χ3v) is 3.52. The highest BCUT2D eigenvalue weighted by Crippen LogP contribution is 2.30. The molecule has 2 heterocycles. The Morgan fingerprint density at radius 3 is 3.07 bits per heavy atom. The minimum Gasteiger partial charge on any atom is -0.316 e. The van der Waals surface area contributed by atoms with Crippen LogP contribution < -0.4 is 5.32 Å². The first-order chi connectivity index (χ1) is 6.95. The van der Waals surface area contributed by atoms with Crippen molar-refractivity contribution in [1.29, 1.82) is 0 Å². The topological polar surface area (TPSA) is 40.7 Å². The van der Waals surface area contributed by atoms with Crippen molar-refractivity contribution in [3.8, 4) is 0 Å². The Hall–Kier alpha value is -0.830. The lowest BCUT2D eigenvalue weighted by Gasteiger charge is -2.21. The van der Waals surface area contributed by atoms with Gasteiger partial charge in [0.1, 0.15) is 0 Å². The summed E-state index contributed by atoms with van der Waals surface area (Å²) in [6, 6.07) is 0. The summed E-state index contributed by atoms with van der Waals surface area (Å²) in [6.45, 7) is 2.31. The Balaban J connectivity index is 1.88. The van der Waals surface area contributed by atoms with Crippen molar-refractivity contribution in [2.75, 3.05) is 13.1 Å². The summed E-state index contributed by atoms with van der Waals surface area (Å²) >= 11 is 0. The van der Waals surface area contributed by atoms with Gasteiger partial charge in [-0.2, -0.15) is 5.10 Å². The fourth-order valence-corrected chi connectivity index (χ4v) is 2.77. The summed E-state index contributed by atoms with van der Waals surface area (Å²) in [6.07, 6.45) is 6.38. The van der Waals surface area contributed by atoms with Crippen LogP contribution in [0.3, 0.4) is 0 Å². The van der Waals surface area contributed by atoms with E-state index in [0.717, 1.165) is 6.54 Å². The second kappa shape index (κ2) is 3.39. The lowest BCUT2D eigenvalue weighted by atomic mass is 9.93. The third kappa shape index (κ3) is 1.27. The van der Waals surface area contributed by atoms with Gasteiger partial charge in [0.25, 0.3) is 0 Å². The molecule has 3 nitrogen and oxygen atoms in total. The first-order valence-electron chi connectivity index (χ1n) is 5.72. The minimum absolute atomic E-state index is 0.668. The van der Waals surface area contributed by atoms with Crippen LogP contribution in [0.15, 0.2) is 0 Å². The molecular formula is C11H17N3. The molecule has 1 aromatic heterocycles. The quantitative estimate of drug-likeness (QED) is 0.703. The molecule has 0 aromatic carbocycles. The summed E-state index contributed by atoms with van der Waals surface area (Å²) in [5.74, 6) is 0.668. The van der Waals surface area contributed by atoms with Crippen molar-refractivity contribution in [1.82, 2.24) is 15.5 Å². The van der Waals surface area contributed by atoms with E-state index in [1.54, 1.807) is 5.56 Å². The summed E-state index contributed by atoms with van der Waals surface area (Å²) in [4.78, 5) is 0. The van der Waals surface area contributed by atoms with E-state index in [-0.39, 0.29) is 0 Å². The molecule has 0 saturated carbocycles. The molecule has 2 N–H and O–H groups in total. The Kier molecular flexibility index (Phi) is 2.05. The van der Waals surface area contributed by atoms with E-state index in [2.05, 4.69) is 15.5 Å². The van der Waals surface area contributed by atoms with Crippen molar-refractivity contribution in [3.05, 3.63) is 17.0 Å². The molecule has 76 valence electrons. The van der Waals surface area contributed by atoms with Crippen LogP contribution in [0.1, 0.15) is 42.1 Å². The van der Waals surface area contributed by atoms with Crippen LogP contribution in [0.2, 0.25) is 0 Å². The maximum atomic E-state index is 4.50. The number of hydrogen-bond acceptors (Lipinski definition) is 2. The van der Waals surface area contributed by atoms with Crippen LogP contribution in [-0.2, 0) is 12.8 Å². The molecule has 1 aromatic rings. The third-order valence-electron chi connectivity index (χ3n) is 3.52. The van der Waals surface area contributed by atoms with Crippen molar-refractivity contribution >= 4 is 0 Å². The Morgan fingerprint density at radius 2 is 2.21 bits per heavy atom. The molecule has 1 aliphatic carbocycles. The number of hydrogen-bond donors (Lipinski definition) is 2. The van der Waals surface area contributed by atoms with Crippen molar-refractivity contribution < 1.29 is 0 Å². The zero-order valence-corrected chi connectivity index (χ0v) is 8.47. The fourth-order valence-electron chi connectivity index (χ4n) is 2.77. The second-order valence-corrected chi connectivity index (χ2v) is 4.46. The molecule has 1 fully saturated rings. The van der Waals surface area contributed by atoms with Crippen LogP contribution in [0.4, 0.5) is 0 Å². The van der Waals surface area contributed by atoms with Crippen LogP contribution in [0.5, 0.6) is 0 Å². The van der Waals surface area contributed by atoms with E-state index in [1.165, 1.54) is 50.0 Å². The molecule has 3 heteroatoms. The molecule has 2 aliphatic rings. The van der Waals surface area contributed by atoms with E-state index in [9.17, 15) is 0 Å². The van der Waals surface area contributed by atoms with Crippen molar-refractivity contribution in [2.45, 2.75) is 38.0 Å². The lowest BCUT2D eigenvalue weighted by Crippen LogP contribution is -2.29. The molecule has 1 aliphatic heterocycles. The number of aromatic nitrogens is 2. The van der Waals surface area contributed by atoms with Crippen LogP contribution in [0.25, 0.3) is 0 Å². The van der Waals surface area contributed by atoms with Crippen LogP contribution >= 0.6 is 0 Å². The first-order valence-corrected chi connectivity index (χ1v) is 5.72. The molecule has 0 amide bonds. The van der Waals surface area contributed by atoms with E-state index in [1.807, 2.05) is 0 Å². The SMILES string of the molecule is C1Cc2[nH]nc([C@@H]3CCCNC3)c2C1. The second-order valence-electron chi connectivity index (χ2n) is 4.46. The van der Waals surface area contributed by atoms with Gasteiger partial charge < -0.3 is 5.32 Å². The molecule has 14 heavy (non-hydrogen) atoms. The molecule has 1 atom stereocenters. The molecule has 0 bridgehead atoms. The van der Waals surface area contributed by atoms with Gasteiger partial charge >= 0.3 is 0 Å². The average Bonchev–Trinajstić information content (AvgIpc) is 2.79. The van der Waals surface area contributed by atoms with Gasteiger partial charge in [0.15, 0.2) is 0 Å². The Labute approximate surface area is 84.3 Å². The standard InChI is InChI=1S/C11H17N3/c1-4-9-10(5-1)13-14-11(9)8-3-2-6-12-7-8/h8,12H,1-7H2,(H,13,14)/t8-/m1/s1. The number of H-pyrrole nitrogens is 1. The highest BCUT2D eigenvalue weighted by atomic mass is 15.1. The predicted molar refractivity (Wildman–Crippen MR) is 55.5 cm³/mol. The monoisotopic (exact) mass is 191 g/mol. The maximum Gasteiger partial charge on any atom is 0.0700 e. The number of aromatic amines is 1. The number of nitrogens with one attached hydrogen (secondary N) is 2.